The number of carboxylic acid groups (broad SMARTS) is 1. The summed E-state index contributed by atoms with van der Waals surface area (Å²) < 4.78 is 5.32. The number of hydrogen-bond donors (Lipinski definition) is 2. The summed E-state index contributed by atoms with van der Waals surface area (Å²) in [5, 5.41) is 12.1. The average Bonchev–Trinajstić information content (AvgIpc) is 2.77. The Morgan fingerprint density at radius 2 is 1.73 bits per heavy atom. The van der Waals surface area contributed by atoms with Gasteiger partial charge in [-0.25, -0.2) is 9.78 Å². The van der Waals surface area contributed by atoms with Crippen molar-refractivity contribution in [1.29, 1.82) is 0 Å². The highest BCUT2D eigenvalue weighted by Gasteiger charge is 2.45. The number of benzene rings is 1. The maximum Gasteiger partial charge on any atom is 0.408 e. The average molecular weight is 411 g/mol. The highest BCUT2D eigenvalue weighted by Crippen LogP contribution is 2.31. The van der Waals surface area contributed by atoms with Crippen LogP contribution in [0.4, 0.5) is 10.6 Å². The van der Waals surface area contributed by atoms with Gasteiger partial charge in [0.2, 0.25) is 0 Å². The van der Waals surface area contributed by atoms with Crippen molar-refractivity contribution in [3.8, 4) is 0 Å². The quantitative estimate of drug-likeness (QED) is 0.725. The van der Waals surface area contributed by atoms with Crippen LogP contribution in [0.25, 0.3) is 0 Å². The summed E-state index contributed by atoms with van der Waals surface area (Å²) in [6, 6.07) is 14.2. The Labute approximate surface area is 174 Å². The van der Waals surface area contributed by atoms with Crippen LogP contribution in [0.2, 0.25) is 0 Å². The van der Waals surface area contributed by atoms with Crippen molar-refractivity contribution in [2.45, 2.75) is 44.2 Å². The van der Waals surface area contributed by atoms with Gasteiger partial charge in [0.25, 0.3) is 5.91 Å². The predicted molar refractivity (Wildman–Crippen MR) is 110 cm³/mol. The summed E-state index contributed by atoms with van der Waals surface area (Å²) in [6.07, 6.45) is 4.04. The van der Waals surface area contributed by atoms with E-state index < -0.39 is 30.1 Å². The highest BCUT2D eigenvalue weighted by molar-refractivity contribution is 6.03. The van der Waals surface area contributed by atoms with E-state index in [1.54, 1.807) is 18.2 Å². The molecule has 1 aliphatic carbocycles. The minimum absolute atomic E-state index is 0.0794. The van der Waals surface area contributed by atoms with Crippen molar-refractivity contribution < 1.29 is 24.2 Å². The van der Waals surface area contributed by atoms with E-state index in [-0.39, 0.29) is 12.4 Å². The maximum atomic E-state index is 13.5. The smallest absolute Gasteiger partial charge is 0.408 e. The second-order valence-corrected chi connectivity index (χ2v) is 7.30. The van der Waals surface area contributed by atoms with Crippen molar-refractivity contribution in [3.05, 3.63) is 60.3 Å². The Bertz CT molecular complexity index is 867. The molecule has 3 rings (SSSR count). The van der Waals surface area contributed by atoms with Gasteiger partial charge in [-0.1, -0.05) is 55.7 Å². The number of anilines is 1. The highest BCUT2D eigenvalue weighted by atomic mass is 16.5. The maximum absolute atomic E-state index is 13.5. The van der Waals surface area contributed by atoms with Crippen LogP contribution in [0.3, 0.4) is 0 Å². The van der Waals surface area contributed by atoms with E-state index in [1.807, 2.05) is 30.3 Å². The Morgan fingerprint density at radius 1 is 1.03 bits per heavy atom. The zero-order valence-electron chi connectivity index (χ0n) is 16.6. The van der Waals surface area contributed by atoms with Crippen LogP contribution in [0.1, 0.15) is 37.7 Å². The van der Waals surface area contributed by atoms with Crippen LogP contribution in [0, 0.1) is 0 Å². The first kappa shape index (κ1) is 21.3. The SMILES string of the molecule is O=C(O)CN(C(=O)C1(NC(=O)OCc2ccccc2)CCCCC1)c1ccccn1. The molecular formula is C22H25N3O5. The van der Waals surface area contributed by atoms with Gasteiger partial charge in [-0.3, -0.25) is 14.5 Å². The van der Waals surface area contributed by atoms with Gasteiger partial charge in [-0.15, -0.1) is 0 Å². The number of amides is 2. The molecule has 1 saturated carbocycles. The molecule has 8 nitrogen and oxygen atoms in total. The molecule has 0 saturated heterocycles. The number of aliphatic carboxylic acids is 1. The molecule has 0 radical (unpaired) electrons. The minimum Gasteiger partial charge on any atom is -0.480 e. The van der Waals surface area contributed by atoms with E-state index in [0.29, 0.717) is 12.8 Å². The van der Waals surface area contributed by atoms with Crippen molar-refractivity contribution in [1.82, 2.24) is 10.3 Å². The number of carbonyl (C=O) groups is 3. The first-order chi connectivity index (χ1) is 14.5. The largest absolute Gasteiger partial charge is 0.480 e. The third-order valence-electron chi connectivity index (χ3n) is 5.13. The molecule has 30 heavy (non-hydrogen) atoms. The fourth-order valence-electron chi connectivity index (χ4n) is 3.67. The van der Waals surface area contributed by atoms with E-state index in [1.165, 1.54) is 6.20 Å². The third kappa shape index (κ3) is 5.34. The van der Waals surface area contributed by atoms with Crippen LogP contribution in [0.15, 0.2) is 54.7 Å². The minimum atomic E-state index is -1.22. The number of alkyl carbamates (subject to hydrolysis) is 1. The fraction of sp³-hybridized carbons (Fsp3) is 0.364. The molecule has 0 atom stereocenters. The van der Waals surface area contributed by atoms with E-state index in [0.717, 1.165) is 29.7 Å². The van der Waals surface area contributed by atoms with Gasteiger partial charge in [-0.2, -0.15) is 0 Å². The summed E-state index contributed by atoms with van der Waals surface area (Å²) in [7, 11) is 0. The van der Waals surface area contributed by atoms with E-state index in [9.17, 15) is 19.5 Å². The monoisotopic (exact) mass is 411 g/mol. The van der Waals surface area contributed by atoms with Crippen LogP contribution >= 0.6 is 0 Å². The lowest BCUT2D eigenvalue weighted by Gasteiger charge is -2.39. The zero-order valence-corrected chi connectivity index (χ0v) is 16.6. The molecule has 2 amide bonds. The summed E-state index contributed by atoms with van der Waals surface area (Å²) in [5.41, 5.74) is -0.392. The number of nitrogens with zero attached hydrogens (tertiary/aromatic N) is 2. The molecule has 0 bridgehead atoms. The van der Waals surface area contributed by atoms with Crippen LogP contribution in [-0.2, 0) is 20.9 Å². The molecule has 0 unspecified atom stereocenters. The second kappa shape index (κ2) is 9.87. The second-order valence-electron chi connectivity index (χ2n) is 7.30. The normalized spacial score (nSPS) is 15.1. The van der Waals surface area contributed by atoms with E-state index in [2.05, 4.69) is 10.3 Å². The predicted octanol–water partition coefficient (Wildman–Crippen LogP) is 3.13. The zero-order chi connectivity index (χ0) is 21.4. The van der Waals surface area contributed by atoms with Crippen molar-refractivity contribution in [2.24, 2.45) is 0 Å². The molecule has 0 aliphatic heterocycles. The number of aromatic nitrogens is 1. The number of pyridine rings is 1. The molecule has 1 fully saturated rings. The molecule has 8 heteroatoms. The third-order valence-corrected chi connectivity index (χ3v) is 5.13. The lowest BCUT2D eigenvalue weighted by atomic mass is 9.80. The number of carbonyl (C=O) groups excluding carboxylic acids is 2. The number of nitrogens with one attached hydrogen (secondary N) is 1. The Kier molecular flexibility index (Phi) is 7.00. The fourth-order valence-corrected chi connectivity index (χ4v) is 3.67. The molecule has 2 N–H and O–H groups in total. The van der Waals surface area contributed by atoms with Crippen molar-refractivity contribution in [3.63, 3.8) is 0 Å². The van der Waals surface area contributed by atoms with Gasteiger partial charge >= 0.3 is 12.1 Å². The van der Waals surface area contributed by atoms with Crippen LogP contribution in [-0.4, -0.2) is 40.1 Å². The van der Waals surface area contributed by atoms with Gasteiger partial charge in [-0.05, 0) is 30.5 Å². The topological polar surface area (TPSA) is 109 Å². The number of hydrogen-bond acceptors (Lipinski definition) is 5. The molecule has 1 aromatic heterocycles. The van der Waals surface area contributed by atoms with Crippen LogP contribution in [0.5, 0.6) is 0 Å². The summed E-state index contributed by atoms with van der Waals surface area (Å²) in [5.74, 6) is -1.42. The van der Waals surface area contributed by atoms with Gasteiger partial charge in [0, 0.05) is 6.20 Å². The Hall–Kier alpha value is -3.42. The van der Waals surface area contributed by atoms with Gasteiger partial charge in [0.15, 0.2) is 0 Å². The number of carboxylic acids is 1. The Balaban J connectivity index is 1.79. The number of ether oxygens (including phenoxy) is 1. The van der Waals surface area contributed by atoms with Gasteiger partial charge in [0.05, 0.1) is 0 Å². The molecule has 1 heterocycles. The van der Waals surface area contributed by atoms with E-state index >= 15 is 0 Å². The summed E-state index contributed by atoms with van der Waals surface area (Å²) >= 11 is 0. The Morgan fingerprint density at radius 3 is 2.37 bits per heavy atom. The van der Waals surface area contributed by atoms with Gasteiger partial charge < -0.3 is 15.2 Å². The van der Waals surface area contributed by atoms with Crippen molar-refractivity contribution in [2.75, 3.05) is 11.4 Å². The van der Waals surface area contributed by atoms with Crippen molar-refractivity contribution >= 4 is 23.8 Å². The molecule has 158 valence electrons. The van der Waals surface area contributed by atoms with Gasteiger partial charge in [0.1, 0.15) is 24.5 Å². The molecule has 1 aromatic carbocycles. The molecule has 2 aromatic rings. The first-order valence-corrected chi connectivity index (χ1v) is 9.94. The first-order valence-electron chi connectivity index (χ1n) is 9.94. The summed E-state index contributed by atoms with van der Waals surface area (Å²) in [4.78, 5) is 42.7. The standard InChI is InChI=1S/C22H25N3O5/c26-19(27)15-25(18-11-5-8-14-23-18)20(28)22(12-6-2-7-13-22)24-21(29)30-16-17-9-3-1-4-10-17/h1,3-5,8-11,14H,2,6-7,12-13,15-16H2,(H,24,29)(H,26,27). The summed E-state index contributed by atoms with van der Waals surface area (Å²) in [6.45, 7) is -0.464. The molecule has 0 spiro atoms. The number of rotatable bonds is 7. The molecule has 1 aliphatic rings. The lowest BCUT2D eigenvalue weighted by molar-refractivity contribution is -0.137. The van der Waals surface area contributed by atoms with Crippen LogP contribution < -0.4 is 10.2 Å². The van der Waals surface area contributed by atoms with E-state index in [4.69, 9.17) is 4.74 Å². The molecular weight excluding hydrogens is 386 g/mol. The lowest BCUT2D eigenvalue weighted by Crippen LogP contribution is -2.61.